The number of hydrogen-bond acceptors (Lipinski definition) is 3. The predicted molar refractivity (Wildman–Crippen MR) is 121 cm³/mol. The number of hydrogen-bond donors (Lipinski definition) is 1. The third-order valence-electron chi connectivity index (χ3n) is 5.91. The van der Waals surface area contributed by atoms with Crippen LogP contribution < -0.4 is 0 Å². The van der Waals surface area contributed by atoms with Crippen molar-refractivity contribution in [1.82, 2.24) is 19.1 Å². The first-order valence-corrected chi connectivity index (χ1v) is 11.0. The Labute approximate surface area is 176 Å². The van der Waals surface area contributed by atoms with E-state index in [1.54, 1.807) is 0 Å². The lowest BCUT2D eigenvalue weighted by Gasteiger charge is -2.19. The number of fused-ring (bicyclic) bond motifs is 1. The summed E-state index contributed by atoms with van der Waals surface area (Å²) >= 11 is 1.90. The lowest BCUT2D eigenvalue weighted by molar-refractivity contribution is 0.450. The topological polar surface area (TPSA) is 36.9 Å². The molecular weight excluding hydrogens is 376 g/mol. The summed E-state index contributed by atoms with van der Waals surface area (Å²) in [5, 5.41) is 8.25. The highest BCUT2D eigenvalue weighted by Crippen LogP contribution is 2.35. The van der Waals surface area contributed by atoms with E-state index in [4.69, 9.17) is 0 Å². The van der Waals surface area contributed by atoms with Gasteiger partial charge in [0.2, 0.25) is 0 Å². The van der Waals surface area contributed by atoms with Crippen LogP contribution in [0.4, 0.5) is 0 Å². The molecule has 5 rings (SSSR count). The van der Waals surface area contributed by atoms with Crippen molar-refractivity contribution in [3.63, 3.8) is 0 Å². The van der Waals surface area contributed by atoms with Crippen molar-refractivity contribution in [2.75, 3.05) is 6.54 Å². The maximum Gasteiger partial charge on any atom is 0.0565 e. The zero-order chi connectivity index (χ0) is 19.8. The molecule has 29 heavy (non-hydrogen) atoms. The lowest BCUT2D eigenvalue weighted by Crippen LogP contribution is -2.19. The molecule has 1 N–H and O–H groups in total. The van der Waals surface area contributed by atoms with Gasteiger partial charge >= 0.3 is 0 Å². The molecule has 148 valence electrons. The Morgan fingerprint density at radius 1 is 1.10 bits per heavy atom. The highest BCUT2D eigenvalue weighted by molar-refractivity contribution is 7.97. The Bertz CT molecular complexity index is 1100. The largest absolute Gasteiger partial charge is 0.347 e. The summed E-state index contributed by atoms with van der Waals surface area (Å²) in [6.07, 6.45) is 7.30. The highest BCUT2D eigenvalue weighted by atomic mass is 32.2. The van der Waals surface area contributed by atoms with Gasteiger partial charge in [-0.25, -0.2) is 4.31 Å². The SMILES string of the molecule is Cc1ccc(SN2CC(Cn3ccc4cc(-c5cn[nH]c5)ccc43)CC2C)cc1. The van der Waals surface area contributed by atoms with Crippen LogP contribution in [0, 0.1) is 12.8 Å². The molecule has 4 nitrogen and oxygen atoms in total. The summed E-state index contributed by atoms with van der Waals surface area (Å²) in [7, 11) is 0. The summed E-state index contributed by atoms with van der Waals surface area (Å²) in [6.45, 7) is 6.70. The third-order valence-corrected chi connectivity index (χ3v) is 7.13. The zero-order valence-electron chi connectivity index (χ0n) is 16.9. The fourth-order valence-electron chi connectivity index (χ4n) is 4.33. The molecule has 1 saturated heterocycles. The average Bonchev–Trinajstić information content (AvgIpc) is 3.45. The van der Waals surface area contributed by atoms with Crippen molar-refractivity contribution in [3.05, 3.63) is 72.7 Å². The van der Waals surface area contributed by atoms with Gasteiger partial charge in [-0.1, -0.05) is 23.8 Å². The number of aromatic nitrogens is 3. The van der Waals surface area contributed by atoms with Gasteiger partial charge in [0.25, 0.3) is 0 Å². The van der Waals surface area contributed by atoms with Crippen molar-refractivity contribution in [2.24, 2.45) is 5.92 Å². The van der Waals surface area contributed by atoms with E-state index in [1.165, 1.54) is 33.3 Å². The Morgan fingerprint density at radius 2 is 1.97 bits per heavy atom. The lowest BCUT2D eigenvalue weighted by atomic mass is 10.1. The Kier molecular flexibility index (Phi) is 4.94. The molecular formula is C24H26N4S. The normalized spacial score (nSPS) is 19.9. The van der Waals surface area contributed by atoms with Crippen molar-refractivity contribution < 1.29 is 0 Å². The van der Waals surface area contributed by atoms with Gasteiger partial charge in [-0.15, -0.1) is 0 Å². The highest BCUT2D eigenvalue weighted by Gasteiger charge is 2.30. The van der Waals surface area contributed by atoms with Gasteiger partial charge in [0.1, 0.15) is 0 Å². The van der Waals surface area contributed by atoms with E-state index < -0.39 is 0 Å². The van der Waals surface area contributed by atoms with Gasteiger partial charge in [0.15, 0.2) is 0 Å². The summed E-state index contributed by atoms with van der Waals surface area (Å²) in [5.41, 5.74) is 4.97. The number of H-pyrrole nitrogens is 1. The maximum absolute atomic E-state index is 4.06. The van der Waals surface area contributed by atoms with Gasteiger partial charge in [-0.05, 0) is 74.0 Å². The number of nitrogens with one attached hydrogen (secondary N) is 1. The quantitative estimate of drug-likeness (QED) is 0.431. The zero-order valence-corrected chi connectivity index (χ0v) is 17.7. The molecule has 0 spiro atoms. The first-order chi connectivity index (χ1) is 14.2. The van der Waals surface area contributed by atoms with E-state index in [1.807, 2.05) is 24.3 Å². The molecule has 5 heteroatoms. The predicted octanol–water partition coefficient (Wildman–Crippen LogP) is 5.76. The second-order valence-electron chi connectivity index (χ2n) is 8.18. The van der Waals surface area contributed by atoms with Crippen LogP contribution in [0.5, 0.6) is 0 Å². The third kappa shape index (κ3) is 3.85. The van der Waals surface area contributed by atoms with Gasteiger partial charge in [-0.3, -0.25) is 5.10 Å². The van der Waals surface area contributed by atoms with E-state index in [0.717, 1.165) is 18.7 Å². The van der Waals surface area contributed by atoms with Crippen molar-refractivity contribution >= 4 is 22.9 Å². The van der Waals surface area contributed by atoms with E-state index in [9.17, 15) is 0 Å². The Hall–Kier alpha value is -2.50. The molecule has 2 aromatic carbocycles. The molecule has 1 aliphatic heterocycles. The minimum atomic E-state index is 0.598. The monoisotopic (exact) mass is 402 g/mol. The minimum Gasteiger partial charge on any atom is -0.347 e. The van der Waals surface area contributed by atoms with E-state index in [-0.39, 0.29) is 0 Å². The van der Waals surface area contributed by atoms with Crippen LogP contribution in [-0.4, -0.2) is 31.7 Å². The molecule has 0 bridgehead atoms. The van der Waals surface area contributed by atoms with Crippen LogP contribution in [0.1, 0.15) is 18.9 Å². The summed E-state index contributed by atoms with van der Waals surface area (Å²) in [4.78, 5) is 1.33. The molecule has 0 radical (unpaired) electrons. The molecule has 2 aromatic heterocycles. The molecule has 3 heterocycles. The van der Waals surface area contributed by atoms with Crippen LogP contribution >= 0.6 is 11.9 Å². The molecule has 1 fully saturated rings. The molecule has 0 aliphatic carbocycles. The Balaban J connectivity index is 1.29. The standard InChI is InChI=1S/C24H26N4S/c1-17-3-6-23(7-4-17)29-28-16-19(11-18(28)2)15-27-10-9-21-12-20(5-8-24(21)27)22-13-25-26-14-22/h3-10,12-14,18-19H,11,15-16H2,1-2H3,(H,25,26). The molecule has 0 saturated carbocycles. The smallest absolute Gasteiger partial charge is 0.0565 e. The number of aryl methyl sites for hydroxylation is 1. The van der Waals surface area contributed by atoms with E-state index in [0.29, 0.717) is 12.0 Å². The van der Waals surface area contributed by atoms with Crippen LogP contribution in [0.3, 0.4) is 0 Å². The molecule has 4 aromatic rings. The van der Waals surface area contributed by atoms with E-state index in [2.05, 4.69) is 87.6 Å². The van der Waals surface area contributed by atoms with E-state index >= 15 is 0 Å². The average molecular weight is 403 g/mol. The van der Waals surface area contributed by atoms with Crippen molar-refractivity contribution in [2.45, 2.75) is 37.8 Å². The molecule has 0 amide bonds. The number of rotatable bonds is 5. The number of benzene rings is 2. The van der Waals surface area contributed by atoms with Crippen LogP contribution in [0.2, 0.25) is 0 Å². The fourth-order valence-corrected chi connectivity index (χ4v) is 5.41. The van der Waals surface area contributed by atoms with Crippen molar-refractivity contribution in [1.29, 1.82) is 0 Å². The van der Waals surface area contributed by atoms with Gasteiger partial charge in [-0.2, -0.15) is 5.10 Å². The summed E-state index contributed by atoms with van der Waals surface area (Å²) < 4.78 is 4.98. The van der Waals surface area contributed by atoms with Gasteiger partial charge in [0.05, 0.1) is 6.20 Å². The second kappa shape index (κ2) is 7.73. The molecule has 2 unspecified atom stereocenters. The summed E-state index contributed by atoms with van der Waals surface area (Å²) in [5.74, 6) is 0.673. The van der Waals surface area contributed by atoms with Gasteiger partial charge in [0, 0.05) is 52.9 Å². The maximum atomic E-state index is 4.06. The number of aromatic amines is 1. The van der Waals surface area contributed by atoms with Crippen LogP contribution in [0.25, 0.3) is 22.0 Å². The van der Waals surface area contributed by atoms with Crippen molar-refractivity contribution in [3.8, 4) is 11.1 Å². The van der Waals surface area contributed by atoms with Gasteiger partial charge < -0.3 is 4.57 Å². The first-order valence-electron chi connectivity index (χ1n) is 10.2. The molecule has 2 atom stereocenters. The minimum absolute atomic E-state index is 0.598. The van der Waals surface area contributed by atoms with Crippen LogP contribution in [0.15, 0.2) is 72.0 Å². The first kappa shape index (κ1) is 18.5. The Morgan fingerprint density at radius 3 is 2.76 bits per heavy atom. The fraction of sp³-hybridized carbons (Fsp3) is 0.292. The van der Waals surface area contributed by atoms with Crippen LogP contribution in [-0.2, 0) is 6.54 Å². The number of nitrogens with zero attached hydrogens (tertiary/aromatic N) is 3. The molecule has 1 aliphatic rings. The second-order valence-corrected chi connectivity index (χ2v) is 9.31. The summed E-state index contributed by atoms with van der Waals surface area (Å²) in [6, 6.07) is 18.4.